The maximum Gasteiger partial charge on any atom is 0.387 e. The number of anilines is 1. The van der Waals surface area contributed by atoms with Crippen molar-refractivity contribution in [1.29, 1.82) is 0 Å². The van der Waals surface area contributed by atoms with Gasteiger partial charge < -0.3 is 24.1 Å². The fourth-order valence-electron chi connectivity index (χ4n) is 3.41. The smallest absolute Gasteiger partial charge is 0.387 e. The zero-order valence-electron chi connectivity index (χ0n) is 17.4. The number of thiazole rings is 1. The van der Waals surface area contributed by atoms with Crippen molar-refractivity contribution < 1.29 is 27.8 Å². The molecule has 0 fully saturated rings. The Morgan fingerprint density at radius 1 is 1.25 bits per heavy atom. The van der Waals surface area contributed by atoms with E-state index in [1.54, 1.807) is 19.2 Å². The lowest BCUT2D eigenvalue weighted by atomic mass is 10.1. The number of nitrogens with zero attached hydrogens (tertiary/aromatic N) is 2. The van der Waals surface area contributed by atoms with E-state index < -0.39 is 6.61 Å². The van der Waals surface area contributed by atoms with Crippen molar-refractivity contribution in [2.75, 3.05) is 25.6 Å². The summed E-state index contributed by atoms with van der Waals surface area (Å²) < 4.78 is 42.0. The minimum absolute atomic E-state index is 0.000156. The summed E-state index contributed by atoms with van der Waals surface area (Å²) in [6.45, 7) is -0.397. The predicted octanol–water partition coefficient (Wildman–Crippen LogP) is 4.59. The monoisotopic (exact) mass is 461 g/mol. The molecule has 168 valence electrons. The van der Waals surface area contributed by atoms with Crippen molar-refractivity contribution in [2.45, 2.75) is 19.6 Å². The van der Waals surface area contributed by atoms with Crippen LogP contribution in [0.15, 0.2) is 52.8 Å². The number of hydrogen-bond donors (Lipinski definition) is 1. The molecule has 4 rings (SSSR count). The molecule has 0 saturated heterocycles. The molecule has 0 bridgehead atoms. The van der Waals surface area contributed by atoms with Gasteiger partial charge in [-0.2, -0.15) is 8.78 Å². The van der Waals surface area contributed by atoms with Gasteiger partial charge in [0.25, 0.3) is 5.91 Å². The molecule has 1 amide bonds. The van der Waals surface area contributed by atoms with Crippen molar-refractivity contribution >= 4 is 28.6 Å². The standard InChI is InChI=1S/C22H21F2N3O4S/c1-13(10-29-2)27-18(14-3-8-19-17(9-14)26-20(28)11-30-19)12-32-22(27)25-15-4-6-16(7-5-15)31-21(23)24/h3-9,12-13,21H,10-11H2,1-2H3,(H,26,28)/t13-/m0/s1. The fraction of sp³-hybridized carbons (Fsp3) is 0.273. The molecule has 32 heavy (non-hydrogen) atoms. The maximum absolute atomic E-state index is 12.4. The summed E-state index contributed by atoms with van der Waals surface area (Å²) in [5.41, 5.74) is 3.00. The Balaban J connectivity index is 1.74. The van der Waals surface area contributed by atoms with Crippen LogP contribution in [0, 0.1) is 0 Å². The molecule has 1 aromatic heterocycles. The first-order chi connectivity index (χ1) is 15.4. The van der Waals surface area contributed by atoms with E-state index in [2.05, 4.69) is 10.1 Å². The molecule has 1 N–H and O–H groups in total. The lowest BCUT2D eigenvalue weighted by Gasteiger charge is -2.20. The Morgan fingerprint density at radius 3 is 2.75 bits per heavy atom. The normalized spacial score (nSPS) is 14.7. The number of ether oxygens (including phenoxy) is 3. The van der Waals surface area contributed by atoms with Crippen LogP contribution in [0.4, 0.5) is 20.2 Å². The van der Waals surface area contributed by atoms with Crippen molar-refractivity contribution in [1.82, 2.24) is 4.57 Å². The van der Waals surface area contributed by atoms with Gasteiger partial charge in [-0.1, -0.05) is 0 Å². The number of amides is 1. The van der Waals surface area contributed by atoms with Crippen LogP contribution >= 0.6 is 11.3 Å². The summed E-state index contributed by atoms with van der Waals surface area (Å²) in [5.74, 6) is 0.497. The maximum atomic E-state index is 12.4. The number of methoxy groups -OCH3 is 1. The summed E-state index contributed by atoms with van der Waals surface area (Å²) >= 11 is 1.44. The summed E-state index contributed by atoms with van der Waals surface area (Å²) in [6.07, 6.45) is 0. The van der Waals surface area contributed by atoms with Gasteiger partial charge in [0, 0.05) is 18.1 Å². The first kappa shape index (κ1) is 22.0. The van der Waals surface area contributed by atoms with E-state index >= 15 is 0 Å². The highest BCUT2D eigenvalue weighted by Crippen LogP contribution is 2.34. The molecule has 2 aromatic carbocycles. The summed E-state index contributed by atoms with van der Waals surface area (Å²) in [4.78, 5) is 17.1. The van der Waals surface area contributed by atoms with Gasteiger partial charge in [-0.05, 0) is 49.4 Å². The highest BCUT2D eigenvalue weighted by Gasteiger charge is 2.19. The van der Waals surface area contributed by atoms with Crippen molar-refractivity contribution in [3.8, 4) is 22.8 Å². The van der Waals surface area contributed by atoms with Crippen LogP contribution in [0.2, 0.25) is 0 Å². The average Bonchev–Trinajstić information content (AvgIpc) is 3.18. The first-order valence-electron chi connectivity index (χ1n) is 9.80. The van der Waals surface area contributed by atoms with Crippen molar-refractivity contribution in [2.24, 2.45) is 4.99 Å². The van der Waals surface area contributed by atoms with Crippen LogP contribution in [-0.4, -0.2) is 37.4 Å². The average molecular weight is 461 g/mol. The number of hydrogen-bond acceptors (Lipinski definition) is 6. The minimum atomic E-state index is -2.87. The van der Waals surface area contributed by atoms with Crippen LogP contribution < -0.4 is 19.6 Å². The number of carbonyl (C=O) groups excluding carboxylic acids is 1. The molecule has 0 saturated carbocycles. The second-order valence-corrected chi connectivity index (χ2v) is 7.95. The Morgan fingerprint density at radius 2 is 2.03 bits per heavy atom. The van der Waals surface area contributed by atoms with Gasteiger partial charge in [-0.3, -0.25) is 4.79 Å². The van der Waals surface area contributed by atoms with Crippen LogP contribution in [0.25, 0.3) is 11.3 Å². The van der Waals surface area contributed by atoms with E-state index in [0.29, 0.717) is 28.5 Å². The quantitative estimate of drug-likeness (QED) is 0.559. The van der Waals surface area contributed by atoms with Crippen LogP contribution in [-0.2, 0) is 9.53 Å². The van der Waals surface area contributed by atoms with Gasteiger partial charge in [-0.25, -0.2) is 4.99 Å². The van der Waals surface area contributed by atoms with E-state index in [0.717, 1.165) is 11.3 Å². The van der Waals surface area contributed by atoms with Crippen LogP contribution in [0.5, 0.6) is 11.5 Å². The second-order valence-electron chi connectivity index (χ2n) is 7.11. The molecule has 0 aliphatic carbocycles. The molecular formula is C22H21F2N3O4S. The number of benzene rings is 2. The summed E-state index contributed by atoms with van der Waals surface area (Å²) in [7, 11) is 1.63. The third-order valence-corrected chi connectivity index (χ3v) is 5.62. The molecule has 1 atom stereocenters. The number of aromatic nitrogens is 1. The van der Waals surface area contributed by atoms with Gasteiger partial charge in [0.1, 0.15) is 11.5 Å². The van der Waals surface area contributed by atoms with Gasteiger partial charge in [0.2, 0.25) is 0 Å². The zero-order valence-corrected chi connectivity index (χ0v) is 18.2. The zero-order chi connectivity index (χ0) is 22.7. The molecule has 0 radical (unpaired) electrons. The first-order valence-corrected chi connectivity index (χ1v) is 10.7. The molecule has 10 heteroatoms. The van der Waals surface area contributed by atoms with E-state index in [-0.39, 0.29) is 24.3 Å². The largest absolute Gasteiger partial charge is 0.482 e. The number of fused-ring (bicyclic) bond motifs is 1. The topological polar surface area (TPSA) is 74.1 Å². The highest BCUT2D eigenvalue weighted by molar-refractivity contribution is 7.07. The second kappa shape index (κ2) is 9.49. The number of alkyl halides is 2. The third-order valence-electron chi connectivity index (χ3n) is 4.79. The van der Waals surface area contributed by atoms with Crippen LogP contribution in [0.1, 0.15) is 13.0 Å². The lowest BCUT2D eigenvalue weighted by Crippen LogP contribution is -2.25. The number of carbonyl (C=O) groups is 1. The number of nitrogens with one attached hydrogen (secondary N) is 1. The molecule has 7 nitrogen and oxygen atoms in total. The molecule has 0 unspecified atom stereocenters. The Kier molecular flexibility index (Phi) is 6.52. The molecule has 3 aromatic rings. The fourth-order valence-corrected chi connectivity index (χ4v) is 4.43. The predicted molar refractivity (Wildman–Crippen MR) is 117 cm³/mol. The summed E-state index contributed by atoms with van der Waals surface area (Å²) in [5, 5.41) is 4.80. The Hall–Kier alpha value is -3.24. The number of rotatable bonds is 7. The van der Waals surface area contributed by atoms with Gasteiger partial charge in [0.15, 0.2) is 11.4 Å². The Bertz CT molecular complexity index is 1170. The van der Waals surface area contributed by atoms with Crippen LogP contribution in [0.3, 0.4) is 0 Å². The molecule has 1 aliphatic rings. The minimum Gasteiger partial charge on any atom is -0.482 e. The Labute approximate surface area is 186 Å². The molecular weight excluding hydrogens is 440 g/mol. The highest BCUT2D eigenvalue weighted by atomic mass is 32.1. The lowest BCUT2D eigenvalue weighted by molar-refractivity contribution is -0.118. The van der Waals surface area contributed by atoms with Crippen molar-refractivity contribution in [3.05, 3.63) is 52.6 Å². The SMILES string of the molecule is COC[C@H](C)n1c(-c2ccc3c(c2)NC(=O)CO3)csc1=Nc1ccc(OC(F)F)cc1. The van der Waals surface area contributed by atoms with E-state index in [9.17, 15) is 13.6 Å². The molecule has 1 aliphatic heterocycles. The van der Waals surface area contributed by atoms with E-state index in [4.69, 9.17) is 14.5 Å². The van der Waals surface area contributed by atoms with Crippen molar-refractivity contribution in [3.63, 3.8) is 0 Å². The van der Waals surface area contributed by atoms with E-state index in [1.165, 1.54) is 23.5 Å². The van der Waals surface area contributed by atoms with E-state index in [1.807, 2.05) is 35.1 Å². The third kappa shape index (κ3) is 4.81. The van der Waals surface area contributed by atoms with Gasteiger partial charge in [-0.15, -0.1) is 11.3 Å². The molecule has 0 spiro atoms. The molecule has 2 heterocycles. The number of halogens is 2. The summed E-state index contributed by atoms with van der Waals surface area (Å²) in [6, 6.07) is 11.7. The van der Waals surface area contributed by atoms with Gasteiger partial charge >= 0.3 is 6.61 Å². The van der Waals surface area contributed by atoms with Gasteiger partial charge in [0.05, 0.1) is 29.7 Å².